The van der Waals surface area contributed by atoms with Gasteiger partial charge in [-0.25, -0.2) is 0 Å². The van der Waals surface area contributed by atoms with Gasteiger partial charge in [0.1, 0.15) is 5.69 Å². The van der Waals surface area contributed by atoms with Crippen molar-refractivity contribution in [1.82, 2.24) is 10.2 Å². The van der Waals surface area contributed by atoms with E-state index in [4.69, 9.17) is 0 Å². The summed E-state index contributed by atoms with van der Waals surface area (Å²) >= 11 is 0. The molecule has 0 saturated heterocycles. The van der Waals surface area contributed by atoms with Crippen molar-refractivity contribution in [2.24, 2.45) is 0 Å². The Morgan fingerprint density at radius 2 is 1.77 bits per heavy atom. The molecule has 0 aromatic carbocycles. The standard InChI is InChI=1S/C6H2F5N2/c7-5(8,6(9,10)11)4-2-1-3-12-13-4/h2-3H. The van der Waals surface area contributed by atoms with Crippen molar-refractivity contribution in [2.45, 2.75) is 12.1 Å². The molecule has 71 valence electrons. The first kappa shape index (κ1) is 9.82. The van der Waals surface area contributed by atoms with E-state index >= 15 is 0 Å². The lowest BCUT2D eigenvalue weighted by Gasteiger charge is -2.17. The maximum absolute atomic E-state index is 12.4. The molecule has 0 fully saturated rings. The highest BCUT2D eigenvalue weighted by atomic mass is 19.4. The van der Waals surface area contributed by atoms with Gasteiger partial charge in [0.25, 0.3) is 0 Å². The highest BCUT2D eigenvalue weighted by Gasteiger charge is 2.60. The largest absolute Gasteiger partial charge is 0.459 e. The van der Waals surface area contributed by atoms with Crippen molar-refractivity contribution in [3.05, 3.63) is 24.0 Å². The fraction of sp³-hybridized carbons (Fsp3) is 0.333. The Hall–Kier alpha value is -1.27. The van der Waals surface area contributed by atoms with E-state index in [0.29, 0.717) is 6.07 Å². The third-order valence-electron chi connectivity index (χ3n) is 1.20. The molecule has 0 aliphatic carbocycles. The molecule has 0 aliphatic rings. The fourth-order valence-electron chi connectivity index (χ4n) is 0.568. The van der Waals surface area contributed by atoms with Crippen LogP contribution in [0.1, 0.15) is 5.69 Å². The lowest BCUT2D eigenvalue weighted by molar-refractivity contribution is -0.291. The average molecular weight is 197 g/mol. The van der Waals surface area contributed by atoms with E-state index in [-0.39, 0.29) is 0 Å². The van der Waals surface area contributed by atoms with Crippen LogP contribution >= 0.6 is 0 Å². The van der Waals surface area contributed by atoms with Crippen LogP contribution in [0.3, 0.4) is 0 Å². The summed E-state index contributed by atoms with van der Waals surface area (Å²) in [4.78, 5) is 0. The summed E-state index contributed by atoms with van der Waals surface area (Å²) in [6.45, 7) is 0. The second-order valence-electron chi connectivity index (χ2n) is 2.11. The fourth-order valence-corrected chi connectivity index (χ4v) is 0.568. The van der Waals surface area contributed by atoms with Crippen LogP contribution in [0, 0.1) is 6.07 Å². The van der Waals surface area contributed by atoms with Gasteiger partial charge in [0.2, 0.25) is 0 Å². The molecule has 1 radical (unpaired) electrons. The second-order valence-corrected chi connectivity index (χ2v) is 2.11. The Bertz CT molecular complexity index is 281. The van der Waals surface area contributed by atoms with Crippen LogP contribution in [0.15, 0.2) is 12.3 Å². The van der Waals surface area contributed by atoms with Crippen molar-refractivity contribution in [2.75, 3.05) is 0 Å². The molecule has 0 aliphatic heterocycles. The molecular weight excluding hydrogens is 195 g/mol. The van der Waals surface area contributed by atoms with Gasteiger partial charge in [0.15, 0.2) is 0 Å². The van der Waals surface area contributed by atoms with Gasteiger partial charge < -0.3 is 0 Å². The first-order chi connectivity index (χ1) is 5.86. The highest BCUT2D eigenvalue weighted by molar-refractivity contribution is 5.08. The maximum Gasteiger partial charge on any atom is 0.459 e. The SMILES string of the molecule is FC(F)(F)C(F)(F)c1c[c]cnn1. The Morgan fingerprint density at radius 1 is 1.15 bits per heavy atom. The predicted molar refractivity (Wildman–Crippen MR) is 30.8 cm³/mol. The zero-order chi connectivity index (χ0) is 10.1. The van der Waals surface area contributed by atoms with Crippen LogP contribution in [0.25, 0.3) is 0 Å². The Labute approximate surface area is 69.4 Å². The average Bonchev–Trinajstić information content (AvgIpc) is 2.04. The molecular formula is C6H2F5N2. The summed E-state index contributed by atoms with van der Waals surface area (Å²) in [5, 5.41) is 5.54. The molecule has 0 saturated carbocycles. The third-order valence-corrected chi connectivity index (χ3v) is 1.20. The molecule has 13 heavy (non-hydrogen) atoms. The second kappa shape index (κ2) is 2.90. The summed E-state index contributed by atoms with van der Waals surface area (Å²) in [6, 6.07) is 2.43. The molecule has 1 aromatic rings. The number of hydrogen-bond acceptors (Lipinski definition) is 2. The summed E-state index contributed by atoms with van der Waals surface area (Å²) < 4.78 is 59.9. The predicted octanol–water partition coefficient (Wildman–Crippen LogP) is 1.93. The van der Waals surface area contributed by atoms with Gasteiger partial charge in [0, 0.05) is 6.07 Å². The summed E-state index contributed by atoms with van der Waals surface area (Å²) in [7, 11) is 0. The molecule has 0 atom stereocenters. The first-order valence-corrected chi connectivity index (χ1v) is 2.99. The molecule has 0 N–H and O–H groups in total. The molecule has 0 spiro atoms. The van der Waals surface area contributed by atoms with E-state index < -0.39 is 17.8 Å². The van der Waals surface area contributed by atoms with Gasteiger partial charge in [0.05, 0.1) is 6.20 Å². The summed E-state index contributed by atoms with van der Waals surface area (Å²) in [6.07, 6.45) is -4.77. The van der Waals surface area contributed by atoms with E-state index in [1.54, 1.807) is 0 Å². The molecule has 0 bridgehead atoms. The summed E-state index contributed by atoms with van der Waals surface area (Å²) in [5.41, 5.74) is -1.46. The number of hydrogen-bond donors (Lipinski definition) is 0. The van der Waals surface area contributed by atoms with Crippen molar-refractivity contribution in [1.29, 1.82) is 0 Å². The van der Waals surface area contributed by atoms with Crippen LogP contribution in [-0.4, -0.2) is 16.4 Å². The summed E-state index contributed by atoms with van der Waals surface area (Å²) in [5.74, 6) is -4.97. The van der Waals surface area contributed by atoms with Crippen LogP contribution in [-0.2, 0) is 5.92 Å². The van der Waals surface area contributed by atoms with Crippen LogP contribution in [0.2, 0.25) is 0 Å². The normalized spacial score (nSPS) is 13.0. The van der Waals surface area contributed by atoms with Crippen molar-refractivity contribution in [3.63, 3.8) is 0 Å². The first-order valence-electron chi connectivity index (χ1n) is 2.99. The number of halogens is 5. The van der Waals surface area contributed by atoms with E-state index in [1.165, 1.54) is 0 Å². The smallest absolute Gasteiger partial charge is 0.189 e. The molecule has 1 aromatic heterocycles. The Kier molecular flexibility index (Phi) is 2.19. The minimum atomic E-state index is -5.66. The van der Waals surface area contributed by atoms with E-state index in [1.807, 2.05) is 6.07 Å². The lowest BCUT2D eigenvalue weighted by Crippen LogP contribution is -2.34. The molecule has 1 rings (SSSR count). The van der Waals surface area contributed by atoms with Gasteiger partial charge in [-0.1, -0.05) is 0 Å². The number of alkyl halides is 5. The van der Waals surface area contributed by atoms with Crippen molar-refractivity contribution >= 4 is 0 Å². The van der Waals surface area contributed by atoms with Crippen LogP contribution < -0.4 is 0 Å². The maximum atomic E-state index is 12.4. The quantitative estimate of drug-likeness (QED) is 0.643. The number of nitrogens with zero attached hydrogens (tertiary/aromatic N) is 2. The lowest BCUT2D eigenvalue weighted by atomic mass is 10.2. The van der Waals surface area contributed by atoms with Gasteiger partial charge in [-0.05, 0) is 6.07 Å². The Morgan fingerprint density at radius 3 is 2.15 bits per heavy atom. The van der Waals surface area contributed by atoms with Crippen LogP contribution in [0.5, 0.6) is 0 Å². The molecule has 1 heterocycles. The topological polar surface area (TPSA) is 25.8 Å². The number of rotatable bonds is 1. The zero-order valence-electron chi connectivity index (χ0n) is 5.94. The van der Waals surface area contributed by atoms with E-state index in [9.17, 15) is 22.0 Å². The van der Waals surface area contributed by atoms with E-state index in [0.717, 1.165) is 6.20 Å². The third kappa shape index (κ3) is 1.73. The van der Waals surface area contributed by atoms with Gasteiger partial charge in [-0.15, -0.1) is 5.10 Å². The van der Waals surface area contributed by atoms with Crippen molar-refractivity contribution < 1.29 is 22.0 Å². The molecule has 7 heteroatoms. The van der Waals surface area contributed by atoms with E-state index in [2.05, 4.69) is 10.2 Å². The number of aromatic nitrogens is 2. The molecule has 0 unspecified atom stereocenters. The molecule has 0 amide bonds. The zero-order valence-corrected chi connectivity index (χ0v) is 5.94. The molecule has 2 nitrogen and oxygen atoms in total. The monoisotopic (exact) mass is 197 g/mol. The van der Waals surface area contributed by atoms with Gasteiger partial charge >= 0.3 is 12.1 Å². The Balaban J connectivity index is 3.08. The van der Waals surface area contributed by atoms with Crippen LogP contribution in [0.4, 0.5) is 22.0 Å². The minimum Gasteiger partial charge on any atom is -0.189 e. The van der Waals surface area contributed by atoms with Crippen molar-refractivity contribution in [3.8, 4) is 0 Å². The van der Waals surface area contributed by atoms with Gasteiger partial charge in [-0.2, -0.15) is 27.1 Å². The highest BCUT2D eigenvalue weighted by Crippen LogP contribution is 2.42. The van der Waals surface area contributed by atoms with Gasteiger partial charge in [-0.3, -0.25) is 0 Å². The minimum absolute atomic E-state index is 0.445.